The van der Waals surface area contributed by atoms with Gasteiger partial charge in [-0.2, -0.15) is 10.2 Å². The van der Waals surface area contributed by atoms with Gasteiger partial charge < -0.3 is 5.32 Å². The van der Waals surface area contributed by atoms with Crippen molar-refractivity contribution < 1.29 is 4.79 Å². The molecule has 146 valence electrons. The minimum atomic E-state index is -0.0919. The molecule has 0 bridgehead atoms. The third-order valence-electron chi connectivity index (χ3n) is 5.23. The van der Waals surface area contributed by atoms with Crippen LogP contribution in [0.2, 0.25) is 0 Å². The molecule has 4 aromatic rings. The highest BCUT2D eigenvalue weighted by atomic mass is 16.1. The fraction of sp³-hybridized carbons (Fsp3) is 0.273. The Morgan fingerprint density at radius 3 is 2.76 bits per heavy atom. The second-order valence-corrected chi connectivity index (χ2v) is 7.42. The largest absolute Gasteiger partial charge is 0.350 e. The van der Waals surface area contributed by atoms with Crippen molar-refractivity contribution in [2.75, 3.05) is 6.54 Å². The zero-order valence-electron chi connectivity index (χ0n) is 16.0. The van der Waals surface area contributed by atoms with Crippen LogP contribution in [0.1, 0.15) is 40.4 Å². The molecule has 1 fully saturated rings. The number of hydrogen-bond acceptors (Lipinski definition) is 4. The summed E-state index contributed by atoms with van der Waals surface area (Å²) in [6.07, 6.45) is 7.63. The molecule has 7 heteroatoms. The predicted molar refractivity (Wildman–Crippen MR) is 110 cm³/mol. The van der Waals surface area contributed by atoms with E-state index in [2.05, 4.69) is 27.6 Å². The van der Waals surface area contributed by atoms with Crippen molar-refractivity contribution in [3.05, 3.63) is 77.9 Å². The van der Waals surface area contributed by atoms with E-state index in [-0.39, 0.29) is 5.91 Å². The smallest absolute Gasteiger partial charge is 0.252 e. The highest BCUT2D eigenvalue weighted by molar-refractivity contribution is 6.05. The summed E-state index contributed by atoms with van der Waals surface area (Å²) < 4.78 is 3.69. The molecule has 5 rings (SSSR count). The molecule has 1 N–H and O–H groups in total. The van der Waals surface area contributed by atoms with E-state index in [1.165, 1.54) is 0 Å². The van der Waals surface area contributed by atoms with E-state index in [9.17, 15) is 4.79 Å². The van der Waals surface area contributed by atoms with Crippen LogP contribution in [0, 0.1) is 0 Å². The molecule has 1 aliphatic carbocycles. The molecular weight excluding hydrogens is 364 g/mol. The van der Waals surface area contributed by atoms with Gasteiger partial charge in [0.25, 0.3) is 5.91 Å². The van der Waals surface area contributed by atoms with E-state index in [1.54, 1.807) is 17.1 Å². The predicted octanol–water partition coefficient (Wildman–Crippen LogP) is 2.98. The van der Waals surface area contributed by atoms with Crippen LogP contribution in [0.15, 0.2) is 61.1 Å². The highest BCUT2D eigenvalue weighted by Crippen LogP contribution is 2.40. The number of nitrogens with zero attached hydrogens (tertiary/aromatic N) is 5. The molecule has 1 aliphatic rings. The lowest BCUT2D eigenvalue weighted by Gasteiger charge is -2.09. The topological polar surface area (TPSA) is 77.6 Å². The van der Waals surface area contributed by atoms with Crippen LogP contribution in [0.4, 0.5) is 0 Å². The monoisotopic (exact) mass is 386 g/mol. The van der Waals surface area contributed by atoms with Crippen molar-refractivity contribution in [2.45, 2.75) is 31.8 Å². The molecule has 0 saturated heterocycles. The number of pyridine rings is 1. The van der Waals surface area contributed by atoms with E-state index < -0.39 is 0 Å². The normalized spacial score (nSPS) is 13.7. The van der Waals surface area contributed by atoms with Crippen molar-refractivity contribution in [2.24, 2.45) is 0 Å². The molecule has 29 heavy (non-hydrogen) atoms. The Bertz CT molecular complexity index is 1130. The highest BCUT2D eigenvalue weighted by Gasteiger charge is 2.28. The lowest BCUT2D eigenvalue weighted by Crippen LogP contribution is -2.27. The summed E-state index contributed by atoms with van der Waals surface area (Å²) in [5.41, 5.74) is 3.57. The zero-order chi connectivity index (χ0) is 19.6. The van der Waals surface area contributed by atoms with Crippen molar-refractivity contribution >= 4 is 16.9 Å². The van der Waals surface area contributed by atoms with Crippen molar-refractivity contribution in [1.29, 1.82) is 0 Å². The number of fused-ring (bicyclic) bond motifs is 1. The van der Waals surface area contributed by atoms with Crippen molar-refractivity contribution in [3.8, 4) is 0 Å². The third-order valence-corrected chi connectivity index (χ3v) is 5.23. The van der Waals surface area contributed by atoms with Gasteiger partial charge in [-0.3, -0.25) is 9.48 Å². The molecule has 1 amide bonds. The first kappa shape index (κ1) is 17.6. The molecule has 0 atom stereocenters. The molecule has 3 heterocycles. The van der Waals surface area contributed by atoms with Crippen LogP contribution < -0.4 is 5.32 Å². The Morgan fingerprint density at radius 1 is 1.14 bits per heavy atom. The van der Waals surface area contributed by atoms with Gasteiger partial charge in [-0.05, 0) is 30.5 Å². The van der Waals surface area contributed by atoms with Gasteiger partial charge in [0.1, 0.15) is 0 Å². The number of rotatable bonds is 7. The van der Waals surface area contributed by atoms with Crippen LogP contribution in [-0.2, 0) is 13.1 Å². The van der Waals surface area contributed by atoms with Gasteiger partial charge in [0, 0.05) is 30.6 Å². The average molecular weight is 386 g/mol. The average Bonchev–Trinajstić information content (AvgIpc) is 3.33. The molecule has 1 aromatic carbocycles. The van der Waals surface area contributed by atoms with E-state index in [0.717, 1.165) is 35.1 Å². The summed E-state index contributed by atoms with van der Waals surface area (Å²) >= 11 is 0. The van der Waals surface area contributed by atoms with Gasteiger partial charge >= 0.3 is 0 Å². The standard InChI is InChI=1S/C22H22N6O/c29-22(23-10-12-27-11-4-9-24-27)18-13-20(17-7-8-17)26-21-19(18)14-25-28(21)15-16-5-2-1-3-6-16/h1-6,9,11,13-14,17H,7-8,10,12,15H2,(H,23,29). The molecule has 1 saturated carbocycles. The maximum absolute atomic E-state index is 12.9. The Morgan fingerprint density at radius 2 is 2.00 bits per heavy atom. The summed E-state index contributed by atoms with van der Waals surface area (Å²) in [5.74, 6) is 0.362. The molecule has 0 spiro atoms. The fourth-order valence-electron chi connectivity index (χ4n) is 3.53. The van der Waals surface area contributed by atoms with Crippen LogP contribution >= 0.6 is 0 Å². The molecule has 0 unspecified atom stereocenters. The van der Waals surface area contributed by atoms with Crippen molar-refractivity contribution in [1.82, 2.24) is 29.9 Å². The Hall–Kier alpha value is -3.48. The zero-order valence-corrected chi connectivity index (χ0v) is 16.0. The van der Waals surface area contributed by atoms with Gasteiger partial charge in [-0.1, -0.05) is 30.3 Å². The van der Waals surface area contributed by atoms with Crippen LogP contribution in [0.3, 0.4) is 0 Å². The number of hydrogen-bond donors (Lipinski definition) is 1. The number of carbonyl (C=O) groups excluding carboxylic acids is 1. The van der Waals surface area contributed by atoms with Gasteiger partial charge in [0.2, 0.25) is 0 Å². The van der Waals surface area contributed by atoms with E-state index in [1.807, 2.05) is 41.2 Å². The Labute approximate surface area is 168 Å². The van der Waals surface area contributed by atoms with E-state index in [4.69, 9.17) is 4.98 Å². The summed E-state index contributed by atoms with van der Waals surface area (Å²) in [6.45, 7) is 1.78. The van der Waals surface area contributed by atoms with Gasteiger partial charge in [-0.25, -0.2) is 9.67 Å². The Kier molecular flexibility index (Phi) is 4.56. The van der Waals surface area contributed by atoms with E-state index in [0.29, 0.717) is 31.1 Å². The quantitative estimate of drug-likeness (QED) is 0.530. The number of amides is 1. The number of benzene rings is 1. The first-order valence-electron chi connectivity index (χ1n) is 9.94. The van der Waals surface area contributed by atoms with Gasteiger partial charge in [0.05, 0.1) is 30.2 Å². The third kappa shape index (κ3) is 3.76. The SMILES string of the molecule is O=C(NCCn1cccn1)c1cc(C2CC2)nc2c1cnn2Cc1ccccc1. The second-order valence-electron chi connectivity index (χ2n) is 7.42. The summed E-state index contributed by atoms with van der Waals surface area (Å²) in [4.78, 5) is 17.8. The summed E-state index contributed by atoms with van der Waals surface area (Å²) in [5, 5.41) is 12.5. The minimum Gasteiger partial charge on any atom is -0.350 e. The first-order chi connectivity index (χ1) is 14.3. The van der Waals surface area contributed by atoms with Crippen molar-refractivity contribution in [3.63, 3.8) is 0 Å². The van der Waals surface area contributed by atoms with E-state index >= 15 is 0 Å². The maximum atomic E-state index is 12.9. The lowest BCUT2D eigenvalue weighted by atomic mass is 10.1. The van der Waals surface area contributed by atoms with Crippen LogP contribution in [0.25, 0.3) is 11.0 Å². The van der Waals surface area contributed by atoms with Gasteiger partial charge in [-0.15, -0.1) is 0 Å². The lowest BCUT2D eigenvalue weighted by molar-refractivity contribution is 0.0953. The summed E-state index contributed by atoms with van der Waals surface area (Å²) in [7, 11) is 0. The maximum Gasteiger partial charge on any atom is 0.252 e. The second kappa shape index (κ2) is 7.50. The Balaban J connectivity index is 1.43. The molecule has 7 nitrogen and oxygen atoms in total. The van der Waals surface area contributed by atoms with Crippen LogP contribution in [0.5, 0.6) is 0 Å². The number of nitrogens with one attached hydrogen (secondary N) is 1. The minimum absolute atomic E-state index is 0.0919. The van der Waals surface area contributed by atoms with Gasteiger partial charge in [0.15, 0.2) is 5.65 Å². The molecule has 0 radical (unpaired) electrons. The molecule has 3 aromatic heterocycles. The number of carbonyl (C=O) groups is 1. The first-order valence-corrected chi connectivity index (χ1v) is 9.94. The fourth-order valence-corrected chi connectivity index (χ4v) is 3.53. The molecular formula is C22H22N6O. The molecule has 0 aliphatic heterocycles. The number of aromatic nitrogens is 5. The van der Waals surface area contributed by atoms with Crippen LogP contribution in [-0.4, -0.2) is 37.0 Å². The summed E-state index contributed by atoms with van der Waals surface area (Å²) in [6, 6.07) is 14.0.